The molecule has 0 atom stereocenters. The van der Waals surface area contributed by atoms with Crippen LogP contribution in [-0.2, 0) is 22.5 Å². The lowest BCUT2D eigenvalue weighted by Gasteiger charge is -2.40. The molecular weight excluding hydrogens is 316 g/mol. The number of amides is 1. The first-order valence-electron chi connectivity index (χ1n) is 9.04. The van der Waals surface area contributed by atoms with E-state index in [1.807, 2.05) is 12.1 Å². The molecule has 2 aliphatic rings. The highest BCUT2D eigenvalue weighted by Gasteiger charge is 2.38. The van der Waals surface area contributed by atoms with Crippen LogP contribution in [0.15, 0.2) is 30.9 Å². The van der Waals surface area contributed by atoms with Crippen molar-refractivity contribution in [3.8, 4) is 5.75 Å². The number of piperidine rings is 1. The first-order chi connectivity index (χ1) is 12.1. The molecule has 0 aromatic heterocycles. The van der Waals surface area contributed by atoms with Crippen molar-refractivity contribution in [1.29, 1.82) is 0 Å². The summed E-state index contributed by atoms with van der Waals surface area (Å²) in [6.07, 6.45) is 5.03. The highest BCUT2D eigenvalue weighted by atomic mass is 16.5. The molecule has 2 aliphatic heterocycles. The number of nitrogens with zero attached hydrogens (tertiary/aromatic N) is 1. The Labute approximate surface area is 150 Å². The van der Waals surface area contributed by atoms with Gasteiger partial charge in [0.15, 0.2) is 0 Å². The molecular formula is C20H28N2O3. The average molecular weight is 344 g/mol. The van der Waals surface area contributed by atoms with Gasteiger partial charge in [0.05, 0.1) is 25.7 Å². The molecule has 0 bridgehead atoms. The third kappa shape index (κ3) is 4.41. The molecule has 136 valence electrons. The van der Waals surface area contributed by atoms with Crippen molar-refractivity contribution in [2.45, 2.75) is 37.8 Å². The summed E-state index contributed by atoms with van der Waals surface area (Å²) in [7, 11) is 1.70. The van der Waals surface area contributed by atoms with Crippen LogP contribution in [0.5, 0.6) is 5.75 Å². The van der Waals surface area contributed by atoms with Crippen LogP contribution in [0.3, 0.4) is 0 Å². The largest absolute Gasteiger partial charge is 0.496 e. The quantitative estimate of drug-likeness (QED) is 0.833. The van der Waals surface area contributed by atoms with E-state index in [0.717, 1.165) is 44.6 Å². The fourth-order valence-electron chi connectivity index (χ4n) is 3.81. The number of carbonyl (C=O) groups excluding carboxylic acids is 1. The molecule has 3 rings (SSSR count). The Morgan fingerprint density at radius 1 is 1.40 bits per heavy atom. The van der Waals surface area contributed by atoms with Gasteiger partial charge in [0, 0.05) is 26.2 Å². The number of nitrogens with one attached hydrogen (secondary N) is 1. The number of methoxy groups -OCH3 is 1. The number of ether oxygens (including phenoxy) is 2. The Hall–Kier alpha value is -1.85. The van der Waals surface area contributed by atoms with E-state index < -0.39 is 0 Å². The minimum atomic E-state index is -0.259. The number of rotatable bonds is 5. The smallest absolute Gasteiger partial charge is 0.222 e. The summed E-state index contributed by atoms with van der Waals surface area (Å²) in [4.78, 5) is 14.3. The van der Waals surface area contributed by atoms with Crippen molar-refractivity contribution < 1.29 is 14.3 Å². The van der Waals surface area contributed by atoms with Gasteiger partial charge >= 0.3 is 0 Å². The van der Waals surface area contributed by atoms with Crippen molar-refractivity contribution in [3.05, 3.63) is 42.0 Å². The van der Waals surface area contributed by atoms with Crippen molar-refractivity contribution >= 4 is 5.91 Å². The van der Waals surface area contributed by atoms with Gasteiger partial charge in [0.2, 0.25) is 5.91 Å². The van der Waals surface area contributed by atoms with Crippen LogP contribution in [0.1, 0.15) is 30.4 Å². The van der Waals surface area contributed by atoms with Gasteiger partial charge in [-0.1, -0.05) is 18.2 Å². The third-order valence-corrected chi connectivity index (χ3v) is 5.20. The van der Waals surface area contributed by atoms with Crippen LogP contribution in [0.4, 0.5) is 0 Å². The van der Waals surface area contributed by atoms with Gasteiger partial charge in [0.1, 0.15) is 5.75 Å². The molecule has 5 heteroatoms. The second kappa shape index (κ2) is 8.02. The fourth-order valence-corrected chi connectivity index (χ4v) is 3.81. The first kappa shape index (κ1) is 18.0. The van der Waals surface area contributed by atoms with Crippen LogP contribution in [0.2, 0.25) is 0 Å². The summed E-state index contributed by atoms with van der Waals surface area (Å²) in [6, 6.07) is 6.38. The summed E-state index contributed by atoms with van der Waals surface area (Å²) < 4.78 is 11.5. The third-order valence-electron chi connectivity index (χ3n) is 5.20. The number of carbonyl (C=O) groups is 1. The van der Waals surface area contributed by atoms with Gasteiger partial charge in [-0.25, -0.2) is 0 Å². The molecule has 2 saturated heterocycles. The van der Waals surface area contributed by atoms with Gasteiger partial charge in [0.25, 0.3) is 0 Å². The van der Waals surface area contributed by atoms with Crippen molar-refractivity contribution in [2.75, 3.05) is 33.4 Å². The Bertz CT molecular complexity index is 621. The minimum absolute atomic E-state index is 0.121. The molecule has 5 nitrogen and oxygen atoms in total. The lowest BCUT2D eigenvalue weighted by atomic mass is 9.87. The Morgan fingerprint density at radius 2 is 2.20 bits per heavy atom. The molecule has 0 radical (unpaired) electrons. The standard InChI is InChI=1S/C20H28N2O3/c1-3-4-17-13-16(5-6-18(17)24-2)15-22-10-7-20(8-11-22)14-19(23)21-9-12-25-20/h3,5-6,13H,1,4,7-12,14-15H2,2H3,(H,21,23). The van der Waals surface area contributed by atoms with Crippen LogP contribution in [0, 0.1) is 0 Å². The maximum Gasteiger partial charge on any atom is 0.222 e. The van der Waals surface area contributed by atoms with E-state index in [4.69, 9.17) is 9.47 Å². The van der Waals surface area contributed by atoms with Crippen molar-refractivity contribution in [1.82, 2.24) is 10.2 Å². The van der Waals surface area contributed by atoms with Crippen LogP contribution < -0.4 is 10.1 Å². The van der Waals surface area contributed by atoms with E-state index in [2.05, 4.69) is 28.9 Å². The predicted molar refractivity (Wildman–Crippen MR) is 97.7 cm³/mol. The lowest BCUT2D eigenvalue weighted by molar-refractivity contribution is -0.128. The zero-order valence-electron chi connectivity index (χ0n) is 15.1. The highest BCUT2D eigenvalue weighted by Crippen LogP contribution is 2.32. The number of allylic oxidation sites excluding steroid dienone is 1. The first-order valence-corrected chi connectivity index (χ1v) is 9.04. The summed E-state index contributed by atoms with van der Waals surface area (Å²) in [5, 5.41) is 2.90. The molecule has 25 heavy (non-hydrogen) atoms. The van der Waals surface area contributed by atoms with Gasteiger partial charge in [-0.2, -0.15) is 0 Å². The van der Waals surface area contributed by atoms with E-state index in [9.17, 15) is 4.79 Å². The van der Waals surface area contributed by atoms with Gasteiger partial charge < -0.3 is 14.8 Å². The minimum Gasteiger partial charge on any atom is -0.496 e. The van der Waals surface area contributed by atoms with Crippen molar-refractivity contribution in [3.63, 3.8) is 0 Å². The molecule has 0 saturated carbocycles. The maximum absolute atomic E-state index is 11.9. The van der Waals surface area contributed by atoms with E-state index >= 15 is 0 Å². The summed E-state index contributed by atoms with van der Waals surface area (Å²) in [5.41, 5.74) is 2.20. The number of hydrogen-bond acceptors (Lipinski definition) is 4. The highest BCUT2D eigenvalue weighted by molar-refractivity contribution is 5.77. The molecule has 1 aromatic rings. The van der Waals surface area contributed by atoms with Crippen molar-refractivity contribution in [2.24, 2.45) is 0 Å². The lowest BCUT2D eigenvalue weighted by Crippen LogP contribution is -2.46. The molecule has 0 aliphatic carbocycles. The molecule has 1 spiro atoms. The number of likely N-dealkylation sites (tertiary alicyclic amines) is 1. The second-order valence-electron chi connectivity index (χ2n) is 6.97. The van der Waals surface area contributed by atoms with Gasteiger partial charge in [-0.05, 0) is 36.5 Å². The molecule has 2 fully saturated rings. The zero-order chi connectivity index (χ0) is 17.7. The van der Waals surface area contributed by atoms with E-state index in [1.165, 1.54) is 11.1 Å². The Morgan fingerprint density at radius 3 is 2.92 bits per heavy atom. The van der Waals surface area contributed by atoms with E-state index in [1.54, 1.807) is 7.11 Å². The normalized spacial score (nSPS) is 20.8. The number of benzene rings is 1. The van der Waals surface area contributed by atoms with Crippen LogP contribution in [0.25, 0.3) is 0 Å². The topological polar surface area (TPSA) is 50.8 Å². The zero-order valence-corrected chi connectivity index (χ0v) is 15.1. The summed E-state index contributed by atoms with van der Waals surface area (Å²) in [6.45, 7) is 7.90. The summed E-state index contributed by atoms with van der Waals surface area (Å²) in [5.74, 6) is 1.04. The van der Waals surface area contributed by atoms with E-state index in [-0.39, 0.29) is 11.5 Å². The Kier molecular flexibility index (Phi) is 5.76. The predicted octanol–water partition coefficient (Wildman–Crippen LogP) is 2.29. The fraction of sp³-hybridized carbons (Fsp3) is 0.550. The summed E-state index contributed by atoms with van der Waals surface area (Å²) >= 11 is 0. The monoisotopic (exact) mass is 344 g/mol. The Balaban J connectivity index is 1.61. The van der Waals surface area contributed by atoms with E-state index in [0.29, 0.717) is 19.6 Å². The van der Waals surface area contributed by atoms with Gasteiger partial charge in [-0.15, -0.1) is 6.58 Å². The number of hydrogen-bond donors (Lipinski definition) is 1. The molecule has 1 amide bonds. The molecule has 1 aromatic carbocycles. The molecule has 0 unspecified atom stereocenters. The van der Waals surface area contributed by atoms with Crippen LogP contribution in [-0.4, -0.2) is 49.8 Å². The maximum atomic E-state index is 11.9. The van der Waals surface area contributed by atoms with Crippen LogP contribution >= 0.6 is 0 Å². The molecule has 2 heterocycles. The average Bonchev–Trinajstić information content (AvgIpc) is 2.79. The van der Waals surface area contributed by atoms with Gasteiger partial charge in [-0.3, -0.25) is 9.69 Å². The SMILES string of the molecule is C=CCc1cc(CN2CCC3(CC2)CC(=O)NCCO3)ccc1OC. The molecule has 1 N–H and O–H groups in total. The second-order valence-corrected chi connectivity index (χ2v) is 6.97.